The van der Waals surface area contributed by atoms with Crippen molar-refractivity contribution in [1.29, 1.82) is 0 Å². The highest BCUT2D eigenvalue weighted by atomic mass is 35.5. The van der Waals surface area contributed by atoms with Crippen LogP contribution in [0.4, 0.5) is 18.9 Å². The monoisotopic (exact) mass is 482 g/mol. The van der Waals surface area contributed by atoms with Crippen LogP contribution in [0.1, 0.15) is 15.9 Å². The number of nitrogens with zero attached hydrogens (tertiary/aromatic N) is 1. The van der Waals surface area contributed by atoms with Crippen LogP contribution in [0.3, 0.4) is 0 Å². The molecule has 2 aromatic carbocycles. The van der Waals surface area contributed by atoms with Crippen LogP contribution in [-0.4, -0.2) is 44.9 Å². The van der Waals surface area contributed by atoms with Crippen molar-refractivity contribution in [2.45, 2.75) is 11.1 Å². The van der Waals surface area contributed by atoms with Crippen LogP contribution in [0.25, 0.3) is 0 Å². The topological polar surface area (TPSA) is 75.7 Å². The van der Waals surface area contributed by atoms with E-state index in [4.69, 9.17) is 27.9 Å². The number of anilines is 1. The predicted molar refractivity (Wildman–Crippen MR) is 105 cm³/mol. The van der Waals surface area contributed by atoms with Crippen molar-refractivity contribution in [3.05, 3.63) is 57.6 Å². The molecule has 1 aliphatic rings. The number of nitrogens with one attached hydrogen (secondary N) is 1. The lowest BCUT2D eigenvalue weighted by atomic mass is 10.1. The maximum atomic E-state index is 13.0. The highest BCUT2D eigenvalue weighted by Gasteiger charge is 2.33. The van der Waals surface area contributed by atoms with Gasteiger partial charge in [0, 0.05) is 24.3 Å². The lowest BCUT2D eigenvalue weighted by Crippen LogP contribution is -2.40. The van der Waals surface area contributed by atoms with Crippen molar-refractivity contribution >= 4 is 44.8 Å². The SMILES string of the molecule is O=C(Nc1ccc(Cl)c(C(F)(F)F)c1)c1ccc(Cl)c(S(=O)(=O)N2CCOCC2)c1. The minimum atomic E-state index is -4.70. The van der Waals surface area contributed by atoms with E-state index in [9.17, 15) is 26.4 Å². The molecule has 12 heteroatoms. The van der Waals surface area contributed by atoms with Crippen LogP contribution in [0.15, 0.2) is 41.3 Å². The minimum Gasteiger partial charge on any atom is -0.379 e. The fraction of sp³-hybridized carbons (Fsp3) is 0.278. The first-order chi connectivity index (χ1) is 14.0. The molecule has 3 rings (SSSR count). The van der Waals surface area contributed by atoms with Gasteiger partial charge in [0.15, 0.2) is 0 Å². The van der Waals surface area contributed by atoms with Crippen LogP contribution >= 0.6 is 23.2 Å². The summed E-state index contributed by atoms with van der Waals surface area (Å²) in [5, 5.41) is 1.72. The molecule has 1 aliphatic heterocycles. The van der Waals surface area contributed by atoms with Crippen LogP contribution in [0, 0.1) is 0 Å². The summed E-state index contributed by atoms with van der Waals surface area (Å²) >= 11 is 11.6. The summed E-state index contributed by atoms with van der Waals surface area (Å²) in [6.45, 7) is 0.740. The number of amides is 1. The van der Waals surface area contributed by atoms with E-state index in [0.29, 0.717) is 6.07 Å². The van der Waals surface area contributed by atoms with Gasteiger partial charge in [-0.2, -0.15) is 17.5 Å². The molecule has 0 bridgehead atoms. The average molecular weight is 483 g/mol. The van der Waals surface area contributed by atoms with Crippen molar-refractivity contribution in [2.24, 2.45) is 0 Å². The van der Waals surface area contributed by atoms with E-state index in [1.807, 2.05) is 0 Å². The number of hydrogen-bond acceptors (Lipinski definition) is 4. The van der Waals surface area contributed by atoms with Gasteiger partial charge in [-0.3, -0.25) is 4.79 Å². The third-order valence-corrected chi connectivity index (χ3v) is 7.02. The molecule has 2 aromatic rings. The molecule has 0 saturated carbocycles. The number of ether oxygens (including phenoxy) is 1. The van der Waals surface area contributed by atoms with Gasteiger partial charge in [0.05, 0.1) is 28.8 Å². The van der Waals surface area contributed by atoms with E-state index >= 15 is 0 Å². The summed E-state index contributed by atoms with van der Waals surface area (Å²) in [5.74, 6) is -0.805. The van der Waals surface area contributed by atoms with Gasteiger partial charge in [0.25, 0.3) is 5.91 Å². The molecule has 1 heterocycles. The van der Waals surface area contributed by atoms with Gasteiger partial charge in [0.2, 0.25) is 10.0 Å². The summed E-state index contributed by atoms with van der Waals surface area (Å²) in [6, 6.07) is 6.51. The lowest BCUT2D eigenvalue weighted by Gasteiger charge is -2.26. The molecule has 1 fully saturated rings. The van der Waals surface area contributed by atoms with Gasteiger partial charge in [-0.25, -0.2) is 8.42 Å². The van der Waals surface area contributed by atoms with Gasteiger partial charge in [-0.15, -0.1) is 0 Å². The number of hydrogen-bond donors (Lipinski definition) is 1. The van der Waals surface area contributed by atoms with Crippen molar-refractivity contribution in [3.63, 3.8) is 0 Å². The summed E-state index contributed by atoms with van der Waals surface area (Å²) < 4.78 is 71.0. The molecular weight excluding hydrogens is 468 g/mol. The quantitative estimate of drug-likeness (QED) is 0.705. The first kappa shape index (κ1) is 22.8. The van der Waals surface area contributed by atoms with Crippen LogP contribution < -0.4 is 5.32 Å². The Bertz CT molecular complexity index is 1070. The number of carbonyl (C=O) groups excluding carboxylic acids is 1. The molecule has 162 valence electrons. The second-order valence-electron chi connectivity index (χ2n) is 6.31. The number of rotatable bonds is 4. The normalized spacial score (nSPS) is 15.8. The molecule has 0 radical (unpaired) electrons. The van der Waals surface area contributed by atoms with Crippen molar-refractivity contribution in [1.82, 2.24) is 4.31 Å². The number of morpholine rings is 1. The highest BCUT2D eigenvalue weighted by Crippen LogP contribution is 2.36. The number of halogens is 5. The molecule has 0 unspecified atom stereocenters. The molecule has 0 aliphatic carbocycles. The Labute approximate surface area is 180 Å². The maximum Gasteiger partial charge on any atom is 0.417 e. The molecule has 6 nitrogen and oxygen atoms in total. The first-order valence-corrected chi connectivity index (χ1v) is 10.8. The number of carbonyl (C=O) groups is 1. The summed E-state index contributed by atoms with van der Waals surface area (Å²) in [5.41, 5.74) is -1.34. The summed E-state index contributed by atoms with van der Waals surface area (Å²) in [7, 11) is -3.98. The van der Waals surface area contributed by atoms with Crippen LogP contribution in [0.5, 0.6) is 0 Å². The van der Waals surface area contributed by atoms with Crippen LogP contribution in [-0.2, 0) is 20.9 Å². The molecular formula is C18H15Cl2F3N2O4S. The number of alkyl halides is 3. The Hall–Kier alpha value is -1.85. The second-order valence-corrected chi connectivity index (χ2v) is 9.03. The third kappa shape index (κ3) is 4.89. The Balaban J connectivity index is 1.88. The number of benzene rings is 2. The molecule has 1 amide bonds. The highest BCUT2D eigenvalue weighted by molar-refractivity contribution is 7.89. The van der Waals surface area contributed by atoms with Gasteiger partial charge >= 0.3 is 6.18 Å². The predicted octanol–water partition coefficient (Wildman–Crippen LogP) is 4.29. The Morgan fingerprint density at radius 3 is 2.30 bits per heavy atom. The average Bonchev–Trinajstić information content (AvgIpc) is 2.69. The van der Waals surface area contributed by atoms with Gasteiger partial charge in [-0.05, 0) is 36.4 Å². The maximum absolute atomic E-state index is 13.0. The fourth-order valence-corrected chi connectivity index (χ4v) is 4.92. The molecule has 0 atom stereocenters. The zero-order chi connectivity index (χ0) is 22.1. The van der Waals surface area contributed by atoms with Crippen molar-refractivity contribution in [3.8, 4) is 0 Å². The van der Waals surface area contributed by atoms with Gasteiger partial charge in [-0.1, -0.05) is 23.2 Å². The summed E-state index contributed by atoms with van der Waals surface area (Å²) in [4.78, 5) is 12.3. The molecule has 0 aromatic heterocycles. The third-order valence-electron chi connectivity index (χ3n) is 4.31. The van der Waals surface area contributed by atoms with Gasteiger partial charge in [0.1, 0.15) is 4.90 Å². The molecule has 30 heavy (non-hydrogen) atoms. The zero-order valence-electron chi connectivity index (χ0n) is 15.2. The largest absolute Gasteiger partial charge is 0.417 e. The van der Waals surface area contributed by atoms with E-state index in [1.165, 1.54) is 22.5 Å². The first-order valence-electron chi connectivity index (χ1n) is 8.55. The van der Waals surface area contributed by atoms with E-state index < -0.39 is 32.7 Å². The lowest BCUT2D eigenvalue weighted by molar-refractivity contribution is -0.137. The number of sulfonamides is 1. The van der Waals surface area contributed by atoms with Gasteiger partial charge < -0.3 is 10.1 Å². The van der Waals surface area contributed by atoms with Crippen LogP contribution in [0.2, 0.25) is 10.0 Å². The Morgan fingerprint density at radius 1 is 1.03 bits per heavy atom. The Kier molecular flexibility index (Phi) is 6.63. The van der Waals surface area contributed by atoms with E-state index in [0.717, 1.165) is 12.1 Å². The smallest absolute Gasteiger partial charge is 0.379 e. The standard InChI is InChI=1S/C18H15Cl2F3N2O4S/c19-14-4-2-12(10-13(14)18(21,22)23)24-17(26)11-1-3-15(20)16(9-11)30(27,28)25-5-7-29-8-6-25/h1-4,9-10H,5-8H2,(H,24,26). The fourth-order valence-electron chi connectivity index (χ4n) is 2.79. The zero-order valence-corrected chi connectivity index (χ0v) is 17.5. The van der Waals surface area contributed by atoms with Crippen molar-refractivity contribution in [2.75, 3.05) is 31.6 Å². The molecule has 1 saturated heterocycles. The minimum absolute atomic E-state index is 0.0797. The molecule has 1 N–H and O–H groups in total. The van der Waals surface area contributed by atoms with E-state index in [1.54, 1.807) is 0 Å². The van der Waals surface area contributed by atoms with Crippen molar-refractivity contribution < 1.29 is 31.1 Å². The van der Waals surface area contributed by atoms with E-state index in [-0.39, 0.29) is 47.5 Å². The Morgan fingerprint density at radius 2 is 1.67 bits per heavy atom. The second kappa shape index (κ2) is 8.72. The summed E-state index contributed by atoms with van der Waals surface area (Å²) in [6.07, 6.45) is -4.70. The molecule has 0 spiro atoms. The van der Waals surface area contributed by atoms with E-state index in [2.05, 4.69) is 5.32 Å².